The van der Waals surface area contributed by atoms with Gasteiger partial charge in [0.25, 0.3) is 5.91 Å². The normalized spacial score (nSPS) is 10.3. The van der Waals surface area contributed by atoms with Gasteiger partial charge in [0.1, 0.15) is 0 Å². The van der Waals surface area contributed by atoms with E-state index in [1.165, 1.54) is 0 Å². The average Bonchev–Trinajstić information content (AvgIpc) is 3.32. The topological polar surface area (TPSA) is 60.3 Å². The molecule has 4 aromatic rings. The highest BCUT2D eigenvalue weighted by Gasteiger charge is 2.18. The number of rotatable bonds is 4. The van der Waals surface area contributed by atoms with Crippen molar-refractivity contribution in [2.45, 2.75) is 0 Å². The van der Waals surface area contributed by atoms with Crippen LogP contribution in [0.4, 0.5) is 0 Å². The molecular formula is C24H18N2O3. The Balaban J connectivity index is 1.66. The lowest BCUT2D eigenvalue weighted by atomic mass is 9.99. The third kappa shape index (κ3) is 3.94. The lowest BCUT2D eigenvalue weighted by Gasteiger charge is -2.16. The third-order valence-corrected chi connectivity index (χ3v) is 4.47. The summed E-state index contributed by atoms with van der Waals surface area (Å²) in [5.74, 6) is -1.13. The largest absolute Gasteiger partial charge is 0.362 e. The Morgan fingerprint density at radius 2 is 1.38 bits per heavy atom. The maximum Gasteiger partial charge on any atom is 0.362 e. The average molecular weight is 382 g/mol. The number of hydrogen-bond acceptors (Lipinski definition) is 3. The molecular weight excluding hydrogens is 364 g/mol. The zero-order valence-electron chi connectivity index (χ0n) is 15.5. The summed E-state index contributed by atoms with van der Waals surface area (Å²) < 4.78 is 1.87. The lowest BCUT2D eigenvalue weighted by molar-refractivity contribution is 0.0230. The zero-order valence-corrected chi connectivity index (χ0v) is 15.5. The lowest BCUT2D eigenvalue weighted by Crippen LogP contribution is -2.28. The molecule has 5 nitrogen and oxygen atoms in total. The van der Waals surface area contributed by atoms with Crippen molar-refractivity contribution in [2.24, 2.45) is 0 Å². The van der Waals surface area contributed by atoms with Gasteiger partial charge in [0.2, 0.25) is 0 Å². The standard InChI is InChI=1S/C24H18N2O3/c27-23(25-29-24(28)19-12-5-2-6-13-19)21-15-9-14-20(18-10-3-1-4-11-18)22(21)26-16-7-8-17-26/h1-17H,(H,25,27). The van der Waals surface area contributed by atoms with Crippen molar-refractivity contribution in [3.8, 4) is 16.8 Å². The van der Waals surface area contributed by atoms with Crippen LogP contribution in [-0.2, 0) is 4.84 Å². The minimum atomic E-state index is -0.624. The molecule has 0 aliphatic heterocycles. The van der Waals surface area contributed by atoms with Crippen molar-refractivity contribution in [2.75, 3.05) is 0 Å². The van der Waals surface area contributed by atoms with Crippen LogP contribution in [0.5, 0.6) is 0 Å². The molecule has 0 aliphatic rings. The van der Waals surface area contributed by atoms with Gasteiger partial charge in [-0.3, -0.25) is 4.79 Å². The number of para-hydroxylation sites is 1. The van der Waals surface area contributed by atoms with E-state index in [-0.39, 0.29) is 0 Å². The maximum absolute atomic E-state index is 12.9. The van der Waals surface area contributed by atoms with E-state index in [1.807, 2.05) is 71.6 Å². The first-order chi connectivity index (χ1) is 14.2. The van der Waals surface area contributed by atoms with Crippen molar-refractivity contribution in [1.82, 2.24) is 10.0 Å². The number of hydrogen-bond donors (Lipinski definition) is 1. The van der Waals surface area contributed by atoms with E-state index < -0.39 is 11.9 Å². The Morgan fingerprint density at radius 3 is 2.07 bits per heavy atom. The van der Waals surface area contributed by atoms with E-state index >= 15 is 0 Å². The van der Waals surface area contributed by atoms with Gasteiger partial charge in [0.05, 0.1) is 16.8 Å². The van der Waals surface area contributed by atoms with Crippen LogP contribution in [0.3, 0.4) is 0 Å². The predicted octanol–water partition coefficient (Wildman–Crippen LogP) is 4.65. The van der Waals surface area contributed by atoms with Crippen molar-refractivity contribution < 1.29 is 14.4 Å². The number of benzene rings is 3. The molecule has 0 aliphatic carbocycles. The summed E-state index contributed by atoms with van der Waals surface area (Å²) in [5, 5.41) is 0. The van der Waals surface area contributed by atoms with Gasteiger partial charge in [-0.15, -0.1) is 0 Å². The minimum absolute atomic E-state index is 0.358. The molecule has 29 heavy (non-hydrogen) atoms. The van der Waals surface area contributed by atoms with Crippen LogP contribution in [-0.4, -0.2) is 16.4 Å². The number of carbonyl (C=O) groups is 2. The van der Waals surface area contributed by atoms with Gasteiger partial charge in [-0.25, -0.2) is 4.79 Å². The molecule has 0 bridgehead atoms. The molecule has 0 radical (unpaired) electrons. The molecule has 0 saturated carbocycles. The predicted molar refractivity (Wildman–Crippen MR) is 111 cm³/mol. The molecule has 0 unspecified atom stereocenters. The van der Waals surface area contributed by atoms with Gasteiger partial charge >= 0.3 is 5.97 Å². The first kappa shape index (κ1) is 18.3. The van der Waals surface area contributed by atoms with E-state index in [2.05, 4.69) is 5.48 Å². The maximum atomic E-state index is 12.9. The van der Waals surface area contributed by atoms with Crippen molar-refractivity contribution in [1.29, 1.82) is 0 Å². The third-order valence-electron chi connectivity index (χ3n) is 4.47. The van der Waals surface area contributed by atoms with Gasteiger partial charge < -0.3 is 9.40 Å². The quantitative estimate of drug-likeness (QED) is 0.523. The second-order valence-electron chi connectivity index (χ2n) is 6.34. The number of nitrogens with zero attached hydrogens (tertiary/aromatic N) is 1. The van der Waals surface area contributed by atoms with Crippen LogP contribution in [0.15, 0.2) is 103 Å². The highest BCUT2D eigenvalue weighted by atomic mass is 16.7. The van der Waals surface area contributed by atoms with E-state index in [0.717, 1.165) is 11.1 Å². The van der Waals surface area contributed by atoms with E-state index in [4.69, 9.17) is 4.84 Å². The smallest absolute Gasteiger partial charge is 0.335 e. The van der Waals surface area contributed by atoms with Crippen LogP contribution in [0.25, 0.3) is 16.8 Å². The number of hydroxylamine groups is 1. The van der Waals surface area contributed by atoms with Crippen molar-refractivity contribution >= 4 is 11.9 Å². The summed E-state index contributed by atoms with van der Waals surface area (Å²) in [4.78, 5) is 30.0. The molecule has 1 N–H and O–H groups in total. The van der Waals surface area contributed by atoms with Gasteiger partial charge in [-0.05, 0) is 35.9 Å². The summed E-state index contributed by atoms with van der Waals surface area (Å²) in [7, 11) is 0. The number of carbonyl (C=O) groups excluding carboxylic acids is 2. The van der Waals surface area contributed by atoms with E-state index in [9.17, 15) is 9.59 Å². The Morgan fingerprint density at radius 1 is 0.724 bits per heavy atom. The number of nitrogens with one attached hydrogen (secondary N) is 1. The molecule has 0 atom stereocenters. The SMILES string of the molecule is O=C(ONC(=O)c1cccc(-c2ccccc2)c1-n1cccc1)c1ccccc1. The fraction of sp³-hybridized carbons (Fsp3) is 0. The van der Waals surface area contributed by atoms with Crippen LogP contribution in [0.2, 0.25) is 0 Å². The monoisotopic (exact) mass is 382 g/mol. The molecule has 5 heteroatoms. The Labute approximate surface area is 168 Å². The van der Waals surface area contributed by atoms with Crippen molar-refractivity contribution in [3.63, 3.8) is 0 Å². The second kappa shape index (κ2) is 8.27. The summed E-state index contributed by atoms with van der Waals surface area (Å²) in [5.41, 5.74) is 5.60. The minimum Gasteiger partial charge on any atom is -0.335 e. The second-order valence-corrected chi connectivity index (χ2v) is 6.34. The summed E-state index contributed by atoms with van der Waals surface area (Å²) in [6, 6.07) is 27.5. The van der Waals surface area contributed by atoms with Crippen LogP contribution in [0, 0.1) is 0 Å². The van der Waals surface area contributed by atoms with Crippen LogP contribution in [0.1, 0.15) is 20.7 Å². The summed E-state index contributed by atoms with van der Waals surface area (Å²) in [6.45, 7) is 0. The molecule has 3 aromatic carbocycles. The van der Waals surface area contributed by atoms with E-state index in [0.29, 0.717) is 16.8 Å². The fourth-order valence-electron chi connectivity index (χ4n) is 3.12. The van der Waals surface area contributed by atoms with Crippen molar-refractivity contribution in [3.05, 3.63) is 115 Å². The first-order valence-corrected chi connectivity index (χ1v) is 9.12. The molecule has 1 heterocycles. The van der Waals surface area contributed by atoms with Crippen LogP contribution < -0.4 is 5.48 Å². The van der Waals surface area contributed by atoms with Gasteiger partial charge in [-0.1, -0.05) is 60.7 Å². The first-order valence-electron chi connectivity index (χ1n) is 9.12. The summed E-state index contributed by atoms with van der Waals surface area (Å²) >= 11 is 0. The molecule has 0 fully saturated rings. The molecule has 142 valence electrons. The Hall–Kier alpha value is -4.12. The Bertz CT molecular complexity index is 1120. The molecule has 4 rings (SSSR count). The Kier molecular flexibility index (Phi) is 5.21. The van der Waals surface area contributed by atoms with Gasteiger partial charge in [-0.2, -0.15) is 5.48 Å². The molecule has 1 aromatic heterocycles. The molecule has 0 spiro atoms. The highest BCUT2D eigenvalue weighted by molar-refractivity contribution is 6.01. The summed E-state index contributed by atoms with van der Waals surface area (Å²) in [6.07, 6.45) is 3.74. The highest BCUT2D eigenvalue weighted by Crippen LogP contribution is 2.30. The molecule has 0 saturated heterocycles. The van der Waals surface area contributed by atoms with Crippen LogP contribution >= 0.6 is 0 Å². The fourth-order valence-corrected chi connectivity index (χ4v) is 3.12. The number of amides is 1. The van der Waals surface area contributed by atoms with E-state index in [1.54, 1.807) is 36.4 Å². The molecule has 1 amide bonds. The zero-order chi connectivity index (χ0) is 20.1. The van der Waals surface area contributed by atoms with Gasteiger partial charge in [0.15, 0.2) is 0 Å². The van der Waals surface area contributed by atoms with Gasteiger partial charge in [0, 0.05) is 18.0 Å². The number of aromatic nitrogens is 1.